The normalized spacial score (nSPS) is 14.1. The predicted molar refractivity (Wildman–Crippen MR) is 81.1 cm³/mol. The Balaban J connectivity index is 1.56. The molecule has 2 N–H and O–H groups in total. The molecule has 0 saturated heterocycles. The van der Waals surface area contributed by atoms with Gasteiger partial charge in [0, 0.05) is 22.7 Å². The van der Waals surface area contributed by atoms with Crippen LogP contribution in [0.1, 0.15) is 33.9 Å². The Morgan fingerprint density at radius 2 is 2.10 bits per heavy atom. The first-order valence-corrected chi connectivity index (χ1v) is 7.64. The number of nitrogens with one attached hydrogen (secondary N) is 2. The van der Waals surface area contributed by atoms with Gasteiger partial charge in [-0.25, -0.2) is 4.98 Å². The molecular weight excluding hydrogens is 270 g/mol. The zero-order valence-electron chi connectivity index (χ0n) is 11.3. The van der Waals surface area contributed by atoms with Gasteiger partial charge < -0.3 is 10.6 Å². The average Bonchev–Trinajstić information content (AvgIpc) is 3.17. The van der Waals surface area contributed by atoms with Gasteiger partial charge in [0.05, 0.1) is 17.2 Å². The molecule has 5 heteroatoms. The Labute approximate surface area is 122 Å². The van der Waals surface area contributed by atoms with Crippen molar-refractivity contribution in [2.24, 2.45) is 0 Å². The molecule has 1 fully saturated rings. The molecule has 0 bridgehead atoms. The molecule has 1 amide bonds. The number of thiazole rings is 1. The first-order chi connectivity index (χ1) is 9.70. The van der Waals surface area contributed by atoms with Crippen LogP contribution in [0.25, 0.3) is 0 Å². The van der Waals surface area contributed by atoms with Gasteiger partial charge in [0.2, 0.25) is 0 Å². The number of hydrogen-bond donors (Lipinski definition) is 2. The van der Waals surface area contributed by atoms with E-state index in [0.29, 0.717) is 18.2 Å². The van der Waals surface area contributed by atoms with Crippen LogP contribution in [-0.2, 0) is 6.54 Å². The Morgan fingerprint density at radius 1 is 1.35 bits per heavy atom. The minimum Gasteiger partial charge on any atom is -0.379 e. The molecule has 1 aliphatic rings. The van der Waals surface area contributed by atoms with E-state index in [1.54, 1.807) is 11.3 Å². The van der Waals surface area contributed by atoms with Gasteiger partial charge in [-0.15, -0.1) is 11.3 Å². The van der Waals surface area contributed by atoms with Crippen molar-refractivity contribution in [3.05, 3.63) is 45.9 Å². The van der Waals surface area contributed by atoms with Gasteiger partial charge in [-0.3, -0.25) is 4.79 Å². The quantitative estimate of drug-likeness (QED) is 0.889. The van der Waals surface area contributed by atoms with E-state index in [1.165, 1.54) is 0 Å². The number of benzene rings is 1. The maximum Gasteiger partial charge on any atom is 0.251 e. The number of rotatable bonds is 5. The van der Waals surface area contributed by atoms with E-state index in [1.807, 2.05) is 31.2 Å². The van der Waals surface area contributed by atoms with Crippen LogP contribution in [0.3, 0.4) is 0 Å². The number of anilines is 1. The third-order valence-corrected chi connectivity index (χ3v) is 4.02. The summed E-state index contributed by atoms with van der Waals surface area (Å²) in [6, 6.07) is 7.97. The molecule has 3 rings (SSSR count). The number of amides is 1. The summed E-state index contributed by atoms with van der Waals surface area (Å²) in [5.74, 6) is 0.0224. The molecule has 20 heavy (non-hydrogen) atoms. The highest BCUT2D eigenvalue weighted by Crippen LogP contribution is 2.20. The minimum absolute atomic E-state index is 0.0224. The van der Waals surface area contributed by atoms with Crippen molar-refractivity contribution in [3.63, 3.8) is 0 Å². The summed E-state index contributed by atoms with van der Waals surface area (Å²) >= 11 is 1.65. The van der Waals surface area contributed by atoms with E-state index in [9.17, 15) is 4.79 Å². The first kappa shape index (κ1) is 13.1. The number of carbonyl (C=O) groups is 1. The monoisotopic (exact) mass is 287 g/mol. The van der Waals surface area contributed by atoms with Gasteiger partial charge in [0.15, 0.2) is 0 Å². The van der Waals surface area contributed by atoms with E-state index >= 15 is 0 Å². The van der Waals surface area contributed by atoms with Crippen LogP contribution in [0.5, 0.6) is 0 Å². The second-order valence-corrected chi connectivity index (χ2v) is 6.10. The summed E-state index contributed by atoms with van der Waals surface area (Å²) in [6.45, 7) is 2.71. The fraction of sp³-hybridized carbons (Fsp3) is 0.333. The van der Waals surface area contributed by atoms with Crippen LogP contribution in [0.15, 0.2) is 29.6 Å². The molecule has 4 nitrogen and oxygen atoms in total. The predicted octanol–water partition coefficient (Wildman–Crippen LogP) is 2.96. The zero-order chi connectivity index (χ0) is 13.9. The Kier molecular flexibility index (Phi) is 3.69. The number of nitrogens with zero attached hydrogens (tertiary/aromatic N) is 1. The topological polar surface area (TPSA) is 54.0 Å². The zero-order valence-corrected chi connectivity index (χ0v) is 12.2. The summed E-state index contributed by atoms with van der Waals surface area (Å²) in [4.78, 5) is 16.3. The lowest BCUT2D eigenvalue weighted by atomic mass is 10.2. The van der Waals surface area contributed by atoms with Gasteiger partial charge in [-0.2, -0.15) is 0 Å². The molecule has 0 spiro atoms. The Morgan fingerprint density at radius 3 is 2.70 bits per heavy atom. The third-order valence-electron chi connectivity index (χ3n) is 3.20. The van der Waals surface area contributed by atoms with Crippen LogP contribution in [-0.4, -0.2) is 16.9 Å². The largest absolute Gasteiger partial charge is 0.379 e. The summed E-state index contributed by atoms with van der Waals surface area (Å²) in [6.07, 6.45) is 2.22. The standard InChI is InChI=1S/C15H17N3OS/c1-10-17-14(9-20-10)8-16-12-4-2-11(3-5-12)15(19)18-13-6-7-13/h2-5,9,13,16H,6-8H2,1H3,(H,18,19). The van der Waals surface area contributed by atoms with Gasteiger partial charge in [0.1, 0.15) is 0 Å². The first-order valence-electron chi connectivity index (χ1n) is 6.76. The van der Waals surface area contributed by atoms with Gasteiger partial charge >= 0.3 is 0 Å². The lowest BCUT2D eigenvalue weighted by Crippen LogP contribution is -2.25. The van der Waals surface area contributed by atoms with E-state index in [4.69, 9.17) is 0 Å². The van der Waals surface area contributed by atoms with Crippen molar-refractivity contribution in [2.75, 3.05) is 5.32 Å². The fourth-order valence-electron chi connectivity index (χ4n) is 1.92. The molecular formula is C15H17N3OS. The molecule has 104 valence electrons. The minimum atomic E-state index is 0.0224. The number of hydrogen-bond acceptors (Lipinski definition) is 4. The molecule has 0 unspecified atom stereocenters. The highest BCUT2D eigenvalue weighted by molar-refractivity contribution is 7.09. The second kappa shape index (κ2) is 5.63. The lowest BCUT2D eigenvalue weighted by Gasteiger charge is -2.06. The molecule has 0 aliphatic heterocycles. The van der Waals surface area contributed by atoms with Gasteiger partial charge in [0.25, 0.3) is 5.91 Å². The SMILES string of the molecule is Cc1nc(CNc2ccc(C(=O)NC3CC3)cc2)cs1. The molecule has 1 aromatic heterocycles. The van der Waals surface area contributed by atoms with E-state index in [-0.39, 0.29) is 5.91 Å². The fourth-order valence-corrected chi connectivity index (χ4v) is 2.53. The molecule has 0 radical (unpaired) electrons. The van der Waals surface area contributed by atoms with Gasteiger partial charge in [-0.1, -0.05) is 0 Å². The summed E-state index contributed by atoms with van der Waals surface area (Å²) < 4.78 is 0. The van der Waals surface area contributed by atoms with Gasteiger partial charge in [-0.05, 0) is 44.0 Å². The maximum absolute atomic E-state index is 11.8. The number of aromatic nitrogens is 1. The summed E-state index contributed by atoms with van der Waals surface area (Å²) in [5.41, 5.74) is 2.76. The number of carbonyl (C=O) groups excluding carboxylic acids is 1. The lowest BCUT2D eigenvalue weighted by molar-refractivity contribution is 0.0951. The summed E-state index contributed by atoms with van der Waals surface area (Å²) in [5, 5.41) is 9.42. The third kappa shape index (κ3) is 3.36. The van der Waals surface area contributed by atoms with Crippen LogP contribution < -0.4 is 10.6 Å². The molecule has 1 aromatic carbocycles. The average molecular weight is 287 g/mol. The smallest absolute Gasteiger partial charge is 0.251 e. The van der Waals surface area contributed by atoms with Crippen molar-refractivity contribution in [1.29, 1.82) is 0 Å². The van der Waals surface area contributed by atoms with Crippen LogP contribution in [0.4, 0.5) is 5.69 Å². The highest BCUT2D eigenvalue weighted by atomic mass is 32.1. The van der Waals surface area contributed by atoms with E-state index < -0.39 is 0 Å². The second-order valence-electron chi connectivity index (χ2n) is 5.04. The molecule has 1 saturated carbocycles. The summed E-state index contributed by atoms with van der Waals surface area (Å²) in [7, 11) is 0. The van der Waals surface area contributed by atoms with Crippen molar-refractivity contribution < 1.29 is 4.79 Å². The Hall–Kier alpha value is -1.88. The van der Waals surface area contributed by atoms with Crippen molar-refractivity contribution in [3.8, 4) is 0 Å². The molecule has 1 heterocycles. The van der Waals surface area contributed by atoms with Crippen LogP contribution in [0, 0.1) is 6.92 Å². The van der Waals surface area contributed by atoms with Crippen LogP contribution >= 0.6 is 11.3 Å². The maximum atomic E-state index is 11.8. The van der Waals surface area contributed by atoms with E-state index in [0.717, 1.165) is 29.2 Å². The van der Waals surface area contributed by atoms with Crippen molar-refractivity contribution in [2.45, 2.75) is 32.4 Å². The van der Waals surface area contributed by atoms with Crippen molar-refractivity contribution in [1.82, 2.24) is 10.3 Å². The molecule has 2 aromatic rings. The molecule has 1 aliphatic carbocycles. The highest BCUT2D eigenvalue weighted by Gasteiger charge is 2.23. The van der Waals surface area contributed by atoms with Crippen LogP contribution in [0.2, 0.25) is 0 Å². The van der Waals surface area contributed by atoms with E-state index in [2.05, 4.69) is 21.0 Å². The number of aryl methyl sites for hydroxylation is 1. The Bertz CT molecular complexity index is 602. The van der Waals surface area contributed by atoms with Crippen molar-refractivity contribution >= 4 is 22.9 Å². The molecule has 0 atom stereocenters.